The molecule has 2 heterocycles. The summed E-state index contributed by atoms with van der Waals surface area (Å²) in [7, 11) is 0. The normalized spacial score (nSPS) is 40.8. The van der Waals surface area contributed by atoms with E-state index in [0.29, 0.717) is 30.8 Å². The van der Waals surface area contributed by atoms with E-state index in [1.54, 1.807) is 13.0 Å². The van der Waals surface area contributed by atoms with Crippen molar-refractivity contribution in [1.82, 2.24) is 0 Å². The lowest BCUT2D eigenvalue weighted by Gasteiger charge is -2.69. The maximum absolute atomic E-state index is 14.4. The lowest BCUT2D eigenvalue weighted by atomic mass is 9.37. The monoisotopic (exact) mass is 600 g/mol. The zero-order valence-electron chi connectivity index (χ0n) is 24.7. The Morgan fingerprint density at radius 3 is 2.35 bits per heavy atom. The molecule has 1 aromatic carbocycles. The number of rotatable bonds is 4. The maximum atomic E-state index is 14.4. The predicted molar refractivity (Wildman–Crippen MR) is 144 cm³/mol. The third-order valence-corrected chi connectivity index (χ3v) is 10.7. The van der Waals surface area contributed by atoms with Crippen molar-refractivity contribution in [2.24, 2.45) is 28.6 Å². The summed E-state index contributed by atoms with van der Waals surface area (Å²) >= 11 is 0. The van der Waals surface area contributed by atoms with Crippen LogP contribution >= 0.6 is 0 Å². The average Bonchev–Trinajstić information content (AvgIpc) is 3.39. The third-order valence-electron chi connectivity index (χ3n) is 10.7. The number of ketones is 1. The Morgan fingerprint density at radius 1 is 0.953 bits per heavy atom. The summed E-state index contributed by atoms with van der Waals surface area (Å²) in [6, 6.07) is 4.54. The van der Waals surface area contributed by atoms with Gasteiger partial charge in [-0.25, -0.2) is 4.79 Å². The van der Waals surface area contributed by atoms with Gasteiger partial charge in [-0.05, 0) is 50.3 Å². The van der Waals surface area contributed by atoms with Crippen LogP contribution in [0.1, 0.15) is 70.7 Å². The number of fused-ring (bicyclic) bond motifs is 3. The van der Waals surface area contributed by atoms with Crippen molar-refractivity contribution in [3.8, 4) is 11.5 Å². The van der Waals surface area contributed by atoms with Crippen molar-refractivity contribution in [2.75, 3.05) is 6.79 Å². The van der Waals surface area contributed by atoms with Gasteiger partial charge in [0.25, 0.3) is 0 Å². The predicted octanol–water partition coefficient (Wildman–Crippen LogP) is 2.51. The number of hydrogen-bond donors (Lipinski definition) is 1. The molecule has 0 bridgehead atoms. The molecular weight excluding hydrogens is 564 g/mol. The first-order chi connectivity index (χ1) is 20.2. The molecular formula is C31H36O12. The largest absolute Gasteiger partial charge is 0.462 e. The van der Waals surface area contributed by atoms with Gasteiger partial charge in [0.2, 0.25) is 6.79 Å². The molecule has 0 amide bonds. The zero-order valence-corrected chi connectivity index (χ0v) is 24.7. The van der Waals surface area contributed by atoms with Crippen molar-refractivity contribution in [3.05, 3.63) is 23.8 Å². The van der Waals surface area contributed by atoms with E-state index in [2.05, 4.69) is 0 Å². The van der Waals surface area contributed by atoms with Gasteiger partial charge in [0, 0.05) is 36.5 Å². The molecule has 12 nitrogen and oxygen atoms in total. The number of Topliss-reactive ketones (excluding diaryl/α,β-unsaturated/α-hetero) is 1. The summed E-state index contributed by atoms with van der Waals surface area (Å²) in [5.74, 6) is -4.22. The molecule has 0 radical (unpaired) electrons. The quantitative estimate of drug-likeness (QED) is 0.398. The van der Waals surface area contributed by atoms with E-state index in [-0.39, 0.29) is 30.5 Å². The molecule has 1 aromatic rings. The Hall–Kier alpha value is -3.67. The van der Waals surface area contributed by atoms with Crippen LogP contribution in [0.5, 0.6) is 11.5 Å². The summed E-state index contributed by atoms with van der Waals surface area (Å²) in [5, 5.41) is 12.1. The maximum Gasteiger partial charge on any atom is 0.338 e. The molecule has 0 aromatic heterocycles. The van der Waals surface area contributed by atoms with Gasteiger partial charge in [-0.15, -0.1) is 0 Å². The number of esters is 4. The minimum atomic E-state index is -1.86. The zero-order chi connectivity index (χ0) is 31.1. The Kier molecular flexibility index (Phi) is 6.79. The fourth-order valence-electron chi connectivity index (χ4n) is 8.93. The summed E-state index contributed by atoms with van der Waals surface area (Å²) < 4.78 is 34.1. The molecule has 6 rings (SSSR count). The van der Waals surface area contributed by atoms with Crippen LogP contribution in [-0.4, -0.2) is 71.6 Å². The van der Waals surface area contributed by atoms with Crippen LogP contribution in [0.15, 0.2) is 18.2 Å². The third kappa shape index (κ3) is 4.31. The highest BCUT2D eigenvalue weighted by Gasteiger charge is 2.77. The Labute approximate surface area is 248 Å². The van der Waals surface area contributed by atoms with Crippen LogP contribution < -0.4 is 9.47 Å². The minimum absolute atomic E-state index is 0.00112. The highest BCUT2D eigenvalue weighted by molar-refractivity contribution is 5.93. The first-order valence-corrected chi connectivity index (χ1v) is 14.6. The molecule has 2 aliphatic heterocycles. The first kappa shape index (κ1) is 29.4. The second-order valence-corrected chi connectivity index (χ2v) is 13.0. The summed E-state index contributed by atoms with van der Waals surface area (Å²) in [6.07, 6.45) is -3.61. The molecule has 43 heavy (non-hydrogen) atoms. The van der Waals surface area contributed by atoms with E-state index in [1.807, 2.05) is 6.92 Å². The van der Waals surface area contributed by atoms with Gasteiger partial charge in [0.1, 0.15) is 17.8 Å². The number of aliphatic hydroxyl groups is 1. The van der Waals surface area contributed by atoms with Crippen molar-refractivity contribution in [1.29, 1.82) is 0 Å². The highest BCUT2D eigenvalue weighted by atomic mass is 16.7. The smallest absolute Gasteiger partial charge is 0.338 e. The molecule has 5 aliphatic rings. The van der Waals surface area contributed by atoms with E-state index in [9.17, 15) is 29.1 Å². The topological polar surface area (TPSA) is 161 Å². The molecule has 4 fully saturated rings. The van der Waals surface area contributed by atoms with Crippen molar-refractivity contribution in [2.45, 2.75) is 90.3 Å². The fraction of sp³-hybridized carbons (Fsp3) is 0.645. The van der Waals surface area contributed by atoms with Crippen molar-refractivity contribution in [3.63, 3.8) is 0 Å². The summed E-state index contributed by atoms with van der Waals surface area (Å²) in [5.41, 5.74) is -4.09. The fourth-order valence-corrected chi connectivity index (χ4v) is 8.93. The molecule has 3 aliphatic carbocycles. The molecule has 0 spiro atoms. The molecule has 1 N–H and O–H groups in total. The van der Waals surface area contributed by atoms with Crippen LogP contribution in [0.3, 0.4) is 0 Å². The van der Waals surface area contributed by atoms with Gasteiger partial charge >= 0.3 is 23.9 Å². The van der Waals surface area contributed by atoms with E-state index in [0.717, 1.165) is 0 Å². The van der Waals surface area contributed by atoms with Gasteiger partial charge in [-0.1, -0.05) is 13.8 Å². The Morgan fingerprint density at radius 2 is 1.65 bits per heavy atom. The van der Waals surface area contributed by atoms with Gasteiger partial charge in [-0.2, -0.15) is 0 Å². The summed E-state index contributed by atoms with van der Waals surface area (Å²) in [4.78, 5) is 65.6. The van der Waals surface area contributed by atoms with Crippen LogP contribution in [-0.2, 0) is 38.1 Å². The molecule has 1 saturated heterocycles. The van der Waals surface area contributed by atoms with Crippen molar-refractivity contribution >= 4 is 29.7 Å². The van der Waals surface area contributed by atoms with Crippen LogP contribution in [0.2, 0.25) is 0 Å². The van der Waals surface area contributed by atoms with Crippen LogP contribution in [0.4, 0.5) is 0 Å². The number of carbonyl (C=O) groups is 5. The number of hydrogen-bond acceptors (Lipinski definition) is 12. The average molecular weight is 601 g/mol. The first-order valence-electron chi connectivity index (χ1n) is 14.6. The standard InChI is InChI=1S/C31H36O12/c1-14(32)40-19-9-7-17-11-22-30(4)21(12-23(34)42-22)31(5,37)27(41-15(2)33)24(25(30)29(17,3)26(19)35)43-28(36)16-6-8-18-20(10-16)39-13-38-18/h6,8,10,17,19,21-22,24-25,27,37H,7,9,11-13H2,1-5H3/t17-,19+,21-,22-,24+,25-,27-,29+,30-,31+/m1/s1. The van der Waals surface area contributed by atoms with Crippen LogP contribution in [0.25, 0.3) is 0 Å². The number of carbonyl (C=O) groups excluding carboxylic acids is 5. The second-order valence-electron chi connectivity index (χ2n) is 13.0. The van der Waals surface area contributed by atoms with Gasteiger partial charge in [0.15, 0.2) is 29.5 Å². The van der Waals surface area contributed by atoms with Gasteiger partial charge in [0.05, 0.1) is 12.0 Å². The lowest BCUT2D eigenvalue weighted by Crippen LogP contribution is -2.78. The number of ether oxygens (including phenoxy) is 6. The lowest BCUT2D eigenvalue weighted by molar-refractivity contribution is -0.314. The van der Waals surface area contributed by atoms with E-state index in [4.69, 9.17) is 28.4 Å². The molecule has 3 saturated carbocycles. The Balaban J connectivity index is 1.51. The SMILES string of the molecule is CC(=O)O[C@H]1CC[C@@H]2C[C@H]3OC(=O)C[C@H]4[C@](C)(O)[C@H](OC(C)=O)[C@@H](OC(=O)c5ccc6c(c5)OCO6)[C@H]([C@@]2(C)C1=O)[C@@]34C. The van der Waals surface area contributed by atoms with Crippen molar-refractivity contribution < 1.29 is 57.5 Å². The molecule has 12 heteroatoms. The second kappa shape index (κ2) is 9.93. The number of benzene rings is 1. The highest BCUT2D eigenvalue weighted by Crippen LogP contribution is 2.69. The van der Waals surface area contributed by atoms with Gasteiger partial charge < -0.3 is 33.5 Å². The molecule has 10 atom stereocenters. The van der Waals surface area contributed by atoms with E-state index >= 15 is 0 Å². The minimum Gasteiger partial charge on any atom is -0.462 e. The van der Waals surface area contributed by atoms with E-state index in [1.165, 1.54) is 32.9 Å². The Bertz CT molecular complexity index is 1400. The van der Waals surface area contributed by atoms with E-state index < -0.39 is 76.6 Å². The molecule has 0 unspecified atom stereocenters. The van der Waals surface area contributed by atoms with Gasteiger partial charge in [-0.3, -0.25) is 19.2 Å². The van der Waals surface area contributed by atoms with Crippen LogP contribution in [0, 0.1) is 28.6 Å². The molecule has 232 valence electrons. The summed E-state index contributed by atoms with van der Waals surface area (Å²) in [6.45, 7) is 7.47.